The van der Waals surface area contributed by atoms with Crippen molar-refractivity contribution in [1.29, 1.82) is 0 Å². The fourth-order valence-corrected chi connectivity index (χ4v) is 1.76. The standard InChI is InChI=1S/C18H17N/c1-2-14-19-15-18-11-7-6-10-17(18)13-12-16-8-4-3-5-9-16/h2-13,15H,1,14H2/b13-12+,19-15?. The van der Waals surface area contributed by atoms with E-state index in [-0.39, 0.29) is 0 Å². The van der Waals surface area contributed by atoms with Crippen LogP contribution in [-0.2, 0) is 0 Å². The Labute approximate surface area is 114 Å². The Bertz CT molecular complexity index is 580. The SMILES string of the molecule is C=CCN=Cc1ccccc1/C=C/c1ccccc1. The minimum absolute atomic E-state index is 0.650. The van der Waals surface area contributed by atoms with E-state index in [2.05, 4.69) is 48.0 Å². The van der Waals surface area contributed by atoms with E-state index in [0.29, 0.717) is 6.54 Å². The minimum atomic E-state index is 0.650. The minimum Gasteiger partial charge on any atom is -0.288 e. The van der Waals surface area contributed by atoms with Crippen LogP contribution in [0.3, 0.4) is 0 Å². The van der Waals surface area contributed by atoms with Crippen molar-refractivity contribution < 1.29 is 0 Å². The summed E-state index contributed by atoms with van der Waals surface area (Å²) in [6, 6.07) is 18.5. The molecule has 0 saturated carbocycles. The third-order valence-electron chi connectivity index (χ3n) is 2.72. The predicted octanol–water partition coefficient (Wildman–Crippen LogP) is 4.46. The molecule has 0 unspecified atom stereocenters. The van der Waals surface area contributed by atoms with Crippen LogP contribution in [0.15, 0.2) is 72.2 Å². The molecule has 0 atom stereocenters. The summed E-state index contributed by atoms with van der Waals surface area (Å²) < 4.78 is 0. The Hall–Kier alpha value is -2.41. The van der Waals surface area contributed by atoms with Gasteiger partial charge in [0.1, 0.15) is 0 Å². The Balaban J connectivity index is 2.20. The van der Waals surface area contributed by atoms with E-state index in [9.17, 15) is 0 Å². The molecule has 2 aromatic rings. The summed E-state index contributed by atoms with van der Waals surface area (Å²) in [6.07, 6.45) is 7.91. The third kappa shape index (κ3) is 4.07. The second kappa shape index (κ2) is 7.12. The van der Waals surface area contributed by atoms with Crippen LogP contribution in [0, 0.1) is 0 Å². The summed E-state index contributed by atoms with van der Waals surface area (Å²) in [5, 5.41) is 0. The lowest BCUT2D eigenvalue weighted by Crippen LogP contribution is -1.87. The first-order valence-electron chi connectivity index (χ1n) is 6.33. The first-order chi connectivity index (χ1) is 9.40. The van der Waals surface area contributed by atoms with Gasteiger partial charge >= 0.3 is 0 Å². The van der Waals surface area contributed by atoms with Crippen LogP contribution < -0.4 is 0 Å². The number of aliphatic imine (C=N–C) groups is 1. The van der Waals surface area contributed by atoms with E-state index in [1.54, 1.807) is 6.08 Å². The molecule has 0 radical (unpaired) electrons. The first kappa shape index (κ1) is 13.0. The number of rotatable bonds is 5. The van der Waals surface area contributed by atoms with Gasteiger partial charge in [0, 0.05) is 6.21 Å². The van der Waals surface area contributed by atoms with Crippen molar-refractivity contribution in [3.8, 4) is 0 Å². The van der Waals surface area contributed by atoms with Crippen LogP contribution >= 0.6 is 0 Å². The zero-order valence-electron chi connectivity index (χ0n) is 10.9. The molecule has 1 heteroatoms. The molecule has 0 amide bonds. The molecule has 0 N–H and O–H groups in total. The van der Waals surface area contributed by atoms with Gasteiger partial charge < -0.3 is 0 Å². The van der Waals surface area contributed by atoms with Gasteiger partial charge in [-0.05, 0) is 16.7 Å². The summed E-state index contributed by atoms with van der Waals surface area (Å²) in [6.45, 7) is 4.31. The van der Waals surface area contributed by atoms with Crippen LogP contribution in [0.2, 0.25) is 0 Å². The predicted molar refractivity (Wildman–Crippen MR) is 84.5 cm³/mol. The van der Waals surface area contributed by atoms with E-state index < -0.39 is 0 Å². The smallest absolute Gasteiger partial charge is 0.0567 e. The van der Waals surface area contributed by atoms with Crippen LogP contribution in [-0.4, -0.2) is 12.8 Å². The number of hydrogen-bond donors (Lipinski definition) is 0. The van der Waals surface area contributed by atoms with Gasteiger partial charge in [-0.3, -0.25) is 4.99 Å². The zero-order chi connectivity index (χ0) is 13.3. The maximum absolute atomic E-state index is 4.30. The first-order valence-corrected chi connectivity index (χ1v) is 6.33. The molecule has 94 valence electrons. The average Bonchev–Trinajstić information content (AvgIpc) is 2.48. The maximum atomic E-state index is 4.30. The average molecular weight is 247 g/mol. The lowest BCUT2D eigenvalue weighted by molar-refractivity contribution is 1.26. The second-order valence-electron chi connectivity index (χ2n) is 4.16. The molecular formula is C18H17N. The van der Waals surface area contributed by atoms with Gasteiger partial charge in [-0.15, -0.1) is 6.58 Å². The molecule has 0 aromatic heterocycles. The van der Waals surface area contributed by atoms with Crippen LogP contribution in [0.5, 0.6) is 0 Å². The molecule has 1 nitrogen and oxygen atoms in total. The number of benzene rings is 2. The highest BCUT2D eigenvalue weighted by molar-refractivity contribution is 5.87. The normalized spacial score (nSPS) is 11.2. The molecule has 0 aliphatic carbocycles. The Morgan fingerprint density at radius 2 is 1.53 bits per heavy atom. The summed E-state index contributed by atoms with van der Waals surface area (Å²) in [5.41, 5.74) is 3.48. The lowest BCUT2D eigenvalue weighted by atomic mass is 10.1. The van der Waals surface area contributed by atoms with Crippen LogP contribution in [0.25, 0.3) is 12.2 Å². The molecule has 0 aliphatic rings. The lowest BCUT2D eigenvalue weighted by Gasteiger charge is -2.00. The summed E-state index contributed by atoms with van der Waals surface area (Å²) in [5.74, 6) is 0. The van der Waals surface area contributed by atoms with Crippen LogP contribution in [0.1, 0.15) is 16.7 Å². The molecule has 2 aromatic carbocycles. The molecular weight excluding hydrogens is 230 g/mol. The van der Waals surface area contributed by atoms with Gasteiger partial charge in [0.15, 0.2) is 0 Å². The van der Waals surface area contributed by atoms with Gasteiger partial charge in [0.25, 0.3) is 0 Å². The molecule has 2 rings (SSSR count). The highest BCUT2D eigenvalue weighted by Crippen LogP contribution is 2.11. The van der Waals surface area contributed by atoms with Gasteiger partial charge in [-0.1, -0.05) is 72.8 Å². The van der Waals surface area contributed by atoms with E-state index in [0.717, 1.165) is 5.56 Å². The van der Waals surface area contributed by atoms with Crippen molar-refractivity contribution in [2.75, 3.05) is 6.54 Å². The summed E-state index contributed by atoms with van der Waals surface area (Å²) in [4.78, 5) is 4.30. The molecule has 0 bridgehead atoms. The van der Waals surface area contributed by atoms with Gasteiger partial charge in [-0.2, -0.15) is 0 Å². The van der Waals surface area contributed by atoms with Crippen molar-refractivity contribution in [1.82, 2.24) is 0 Å². The second-order valence-corrected chi connectivity index (χ2v) is 4.16. The van der Waals surface area contributed by atoms with E-state index in [1.807, 2.05) is 36.5 Å². The quantitative estimate of drug-likeness (QED) is 0.420. The monoisotopic (exact) mass is 247 g/mol. The fourth-order valence-electron chi connectivity index (χ4n) is 1.76. The fraction of sp³-hybridized carbons (Fsp3) is 0.0556. The number of hydrogen-bond acceptors (Lipinski definition) is 1. The zero-order valence-corrected chi connectivity index (χ0v) is 10.9. The summed E-state index contributed by atoms with van der Waals surface area (Å²) >= 11 is 0. The molecule has 0 saturated heterocycles. The van der Waals surface area contributed by atoms with Crippen molar-refractivity contribution in [3.63, 3.8) is 0 Å². The van der Waals surface area contributed by atoms with E-state index in [4.69, 9.17) is 0 Å². The highest BCUT2D eigenvalue weighted by atomic mass is 14.7. The molecule has 0 heterocycles. The van der Waals surface area contributed by atoms with Crippen molar-refractivity contribution in [2.24, 2.45) is 4.99 Å². The largest absolute Gasteiger partial charge is 0.288 e. The third-order valence-corrected chi connectivity index (χ3v) is 2.72. The Morgan fingerprint density at radius 3 is 2.26 bits per heavy atom. The highest BCUT2D eigenvalue weighted by Gasteiger charge is 1.94. The van der Waals surface area contributed by atoms with Gasteiger partial charge in [-0.25, -0.2) is 0 Å². The summed E-state index contributed by atoms with van der Waals surface area (Å²) in [7, 11) is 0. The molecule has 0 aliphatic heterocycles. The maximum Gasteiger partial charge on any atom is 0.0567 e. The molecule has 0 fully saturated rings. The van der Waals surface area contributed by atoms with E-state index in [1.165, 1.54) is 11.1 Å². The van der Waals surface area contributed by atoms with Crippen molar-refractivity contribution in [3.05, 3.63) is 83.9 Å². The van der Waals surface area contributed by atoms with Gasteiger partial charge in [0.2, 0.25) is 0 Å². The van der Waals surface area contributed by atoms with E-state index >= 15 is 0 Å². The number of nitrogens with zero attached hydrogens (tertiary/aromatic N) is 1. The van der Waals surface area contributed by atoms with Crippen molar-refractivity contribution in [2.45, 2.75) is 0 Å². The van der Waals surface area contributed by atoms with Crippen LogP contribution in [0.4, 0.5) is 0 Å². The molecule has 0 spiro atoms. The topological polar surface area (TPSA) is 12.4 Å². The Morgan fingerprint density at radius 1 is 0.842 bits per heavy atom. The Kier molecular flexibility index (Phi) is 4.88. The molecule has 19 heavy (non-hydrogen) atoms. The van der Waals surface area contributed by atoms with Crippen molar-refractivity contribution >= 4 is 18.4 Å². The van der Waals surface area contributed by atoms with Gasteiger partial charge in [0.05, 0.1) is 6.54 Å².